The Kier molecular flexibility index (Phi) is 6.33. The Morgan fingerprint density at radius 1 is 1.14 bits per heavy atom. The van der Waals surface area contributed by atoms with Gasteiger partial charge in [0.05, 0.1) is 24.5 Å². The molecule has 2 N–H and O–H groups in total. The molecule has 2 aromatic rings. The van der Waals surface area contributed by atoms with Crippen LogP contribution in [-0.4, -0.2) is 66.4 Å². The first-order chi connectivity index (χ1) is 13.5. The molecule has 1 aliphatic heterocycles. The Labute approximate surface area is 163 Å². The molecule has 1 aromatic heterocycles. The van der Waals surface area contributed by atoms with Gasteiger partial charge in [-0.25, -0.2) is 9.18 Å². The molecule has 0 atom stereocenters. The van der Waals surface area contributed by atoms with Crippen molar-refractivity contribution in [3.05, 3.63) is 59.7 Å². The number of hydrogen-bond donors (Lipinski definition) is 1. The predicted molar refractivity (Wildman–Crippen MR) is 105 cm³/mol. The lowest BCUT2D eigenvalue weighted by atomic mass is 10.1. The number of para-hydroxylation sites is 1. The Morgan fingerprint density at radius 3 is 2.46 bits per heavy atom. The molecular weight excluding hydrogens is 361 g/mol. The maximum absolute atomic E-state index is 14.4. The second-order valence-corrected chi connectivity index (χ2v) is 6.78. The van der Waals surface area contributed by atoms with Gasteiger partial charge in [-0.2, -0.15) is 0 Å². The highest BCUT2D eigenvalue weighted by atomic mass is 19.1. The van der Waals surface area contributed by atoms with Crippen LogP contribution in [-0.2, 0) is 6.54 Å². The number of amides is 2. The minimum Gasteiger partial charge on any atom is -0.324 e. The van der Waals surface area contributed by atoms with Gasteiger partial charge in [-0.3, -0.25) is 14.7 Å². The second kappa shape index (κ2) is 8.90. The number of ketones is 1. The summed E-state index contributed by atoms with van der Waals surface area (Å²) in [6, 6.07) is 9.21. The van der Waals surface area contributed by atoms with Crippen molar-refractivity contribution in [2.45, 2.75) is 6.54 Å². The molecule has 1 aliphatic rings. The number of likely N-dealkylation sites (N-methyl/N-ethyl adjacent to an activating group) is 1. The number of benzene rings is 1. The zero-order valence-corrected chi connectivity index (χ0v) is 15.8. The molecule has 0 bridgehead atoms. The van der Waals surface area contributed by atoms with Crippen LogP contribution in [0.1, 0.15) is 16.1 Å². The fraction of sp³-hybridized carbons (Fsp3) is 0.350. The molecule has 0 spiro atoms. The molecule has 28 heavy (non-hydrogen) atoms. The fourth-order valence-electron chi connectivity index (χ4n) is 3.06. The summed E-state index contributed by atoms with van der Waals surface area (Å²) in [5.41, 5.74) is 6.54. The van der Waals surface area contributed by atoms with Crippen LogP contribution < -0.4 is 10.6 Å². The lowest BCUT2D eigenvalue weighted by Crippen LogP contribution is -2.52. The van der Waals surface area contributed by atoms with E-state index in [1.54, 1.807) is 35.2 Å². The smallest absolute Gasteiger partial charge is 0.324 e. The van der Waals surface area contributed by atoms with Crippen molar-refractivity contribution in [2.75, 3.05) is 44.7 Å². The van der Waals surface area contributed by atoms with E-state index in [1.807, 2.05) is 7.05 Å². The molecule has 0 aliphatic carbocycles. The highest BCUT2D eigenvalue weighted by molar-refractivity contribution is 5.97. The maximum Gasteiger partial charge on any atom is 0.325 e. The molecule has 148 valence electrons. The van der Waals surface area contributed by atoms with E-state index in [1.165, 1.54) is 17.2 Å². The number of pyridine rings is 1. The lowest BCUT2D eigenvalue weighted by Gasteiger charge is -2.36. The fourth-order valence-corrected chi connectivity index (χ4v) is 3.06. The summed E-state index contributed by atoms with van der Waals surface area (Å²) < 4.78 is 14.4. The molecule has 0 radical (unpaired) electrons. The summed E-state index contributed by atoms with van der Waals surface area (Å²) >= 11 is 0. The lowest BCUT2D eigenvalue weighted by molar-refractivity contribution is 0.100. The molecular formula is C20H24FN5O2. The number of Topliss-reactive ketones (excluding diaryl/α,β-unsaturated/α-hetero) is 1. The SMILES string of the molecule is CN1CCN(C(=O)N(Cc2ccc(C(=O)CN)cn2)c2ccccc2F)CC1. The predicted octanol–water partition coefficient (Wildman–Crippen LogP) is 1.74. The third-order valence-electron chi connectivity index (χ3n) is 4.80. The number of hydrogen-bond acceptors (Lipinski definition) is 5. The molecule has 2 heterocycles. The summed E-state index contributed by atoms with van der Waals surface area (Å²) in [5.74, 6) is -0.682. The minimum absolute atomic E-state index is 0.0930. The van der Waals surface area contributed by atoms with Gasteiger partial charge < -0.3 is 15.5 Å². The van der Waals surface area contributed by atoms with Gasteiger partial charge in [-0.15, -0.1) is 0 Å². The van der Waals surface area contributed by atoms with E-state index in [9.17, 15) is 14.0 Å². The van der Waals surface area contributed by atoms with E-state index in [0.29, 0.717) is 24.3 Å². The quantitative estimate of drug-likeness (QED) is 0.793. The van der Waals surface area contributed by atoms with Gasteiger partial charge in [0.25, 0.3) is 0 Å². The Balaban J connectivity index is 1.85. The van der Waals surface area contributed by atoms with E-state index in [4.69, 9.17) is 5.73 Å². The van der Waals surface area contributed by atoms with Gasteiger partial charge in [0.1, 0.15) is 5.82 Å². The molecule has 7 nitrogen and oxygen atoms in total. The topological polar surface area (TPSA) is 82.8 Å². The number of nitrogens with zero attached hydrogens (tertiary/aromatic N) is 4. The van der Waals surface area contributed by atoms with Crippen LogP contribution in [0.15, 0.2) is 42.6 Å². The molecule has 1 aromatic carbocycles. The molecule has 0 saturated carbocycles. The summed E-state index contributed by atoms with van der Waals surface area (Å²) in [7, 11) is 2.00. The number of rotatable bonds is 5. The van der Waals surface area contributed by atoms with Crippen molar-refractivity contribution < 1.29 is 14.0 Å². The van der Waals surface area contributed by atoms with E-state index in [-0.39, 0.29) is 30.6 Å². The Bertz CT molecular complexity index is 835. The number of piperazine rings is 1. The molecule has 1 saturated heterocycles. The van der Waals surface area contributed by atoms with Crippen LogP contribution in [0.3, 0.4) is 0 Å². The third kappa shape index (κ3) is 4.52. The minimum atomic E-state index is -0.472. The monoisotopic (exact) mass is 385 g/mol. The van der Waals surface area contributed by atoms with Crippen LogP contribution in [0, 0.1) is 5.82 Å². The van der Waals surface area contributed by atoms with Crippen molar-refractivity contribution in [3.8, 4) is 0 Å². The maximum atomic E-state index is 14.4. The number of urea groups is 1. The van der Waals surface area contributed by atoms with Crippen molar-refractivity contribution in [1.82, 2.24) is 14.8 Å². The zero-order valence-electron chi connectivity index (χ0n) is 15.8. The normalized spacial score (nSPS) is 14.8. The van der Waals surface area contributed by atoms with Gasteiger partial charge in [0, 0.05) is 37.9 Å². The standard InChI is InChI=1S/C20H24FN5O2/c1-24-8-10-25(11-9-24)20(28)26(18-5-3-2-4-17(18)21)14-16-7-6-15(13-23-16)19(27)12-22/h2-7,13H,8-12,14,22H2,1H3. The van der Waals surface area contributed by atoms with Gasteiger partial charge in [-0.05, 0) is 31.3 Å². The number of aromatic nitrogens is 1. The first kappa shape index (κ1) is 19.9. The summed E-state index contributed by atoms with van der Waals surface area (Å²) in [5, 5.41) is 0. The van der Waals surface area contributed by atoms with E-state index in [0.717, 1.165) is 13.1 Å². The van der Waals surface area contributed by atoms with Crippen molar-refractivity contribution in [3.63, 3.8) is 0 Å². The van der Waals surface area contributed by atoms with Crippen molar-refractivity contribution >= 4 is 17.5 Å². The highest BCUT2D eigenvalue weighted by Crippen LogP contribution is 2.23. The van der Waals surface area contributed by atoms with Crippen LogP contribution in [0.5, 0.6) is 0 Å². The molecule has 0 unspecified atom stereocenters. The van der Waals surface area contributed by atoms with E-state index >= 15 is 0 Å². The molecule has 2 amide bonds. The molecule has 1 fully saturated rings. The zero-order chi connectivity index (χ0) is 20.1. The largest absolute Gasteiger partial charge is 0.325 e. The van der Waals surface area contributed by atoms with Gasteiger partial charge in [-0.1, -0.05) is 12.1 Å². The number of halogens is 1. The molecule has 3 rings (SSSR count). The summed E-state index contributed by atoms with van der Waals surface area (Å²) in [6.45, 7) is 2.71. The average Bonchev–Trinajstić information content (AvgIpc) is 2.72. The number of carbonyl (C=O) groups is 2. The number of anilines is 1. The second-order valence-electron chi connectivity index (χ2n) is 6.78. The van der Waals surface area contributed by atoms with Gasteiger partial charge in [0.2, 0.25) is 0 Å². The average molecular weight is 385 g/mol. The number of carbonyl (C=O) groups excluding carboxylic acids is 2. The first-order valence-corrected chi connectivity index (χ1v) is 9.17. The highest BCUT2D eigenvalue weighted by Gasteiger charge is 2.27. The summed E-state index contributed by atoms with van der Waals surface area (Å²) in [4.78, 5) is 34.3. The molecule has 8 heteroatoms. The first-order valence-electron chi connectivity index (χ1n) is 9.17. The number of nitrogens with two attached hydrogens (primary N) is 1. The van der Waals surface area contributed by atoms with E-state index in [2.05, 4.69) is 9.88 Å². The van der Waals surface area contributed by atoms with Crippen LogP contribution in [0.2, 0.25) is 0 Å². The van der Waals surface area contributed by atoms with Crippen LogP contribution in [0.4, 0.5) is 14.9 Å². The van der Waals surface area contributed by atoms with E-state index < -0.39 is 5.82 Å². The van der Waals surface area contributed by atoms with Crippen LogP contribution in [0.25, 0.3) is 0 Å². The van der Waals surface area contributed by atoms with Crippen molar-refractivity contribution in [2.24, 2.45) is 5.73 Å². The van der Waals surface area contributed by atoms with Gasteiger partial charge >= 0.3 is 6.03 Å². The van der Waals surface area contributed by atoms with Gasteiger partial charge in [0.15, 0.2) is 5.78 Å². The van der Waals surface area contributed by atoms with Crippen molar-refractivity contribution in [1.29, 1.82) is 0 Å². The Morgan fingerprint density at radius 2 is 1.86 bits per heavy atom. The third-order valence-corrected chi connectivity index (χ3v) is 4.80. The van der Waals surface area contributed by atoms with Crippen LogP contribution >= 0.6 is 0 Å². The summed E-state index contributed by atoms with van der Waals surface area (Å²) in [6.07, 6.45) is 1.43. The Hall–Kier alpha value is -2.84.